The predicted octanol–water partition coefficient (Wildman–Crippen LogP) is 2.55. The van der Waals surface area contributed by atoms with Crippen molar-refractivity contribution in [2.75, 3.05) is 6.61 Å². The first-order valence-corrected chi connectivity index (χ1v) is 6.59. The molecule has 1 aliphatic heterocycles. The Bertz CT molecular complexity index is 567. The first-order chi connectivity index (χ1) is 10.0. The Morgan fingerprint density at radius 1 is 1.33 bits per heavy atom. The summed E-state index contributed by atoms with van der Waals surface area (Å²) in [5, 5.41) is 14.1. The molecule has 0 bridgehead atoms. The van der Waals surface area contributed by atoms with Crippen LogP contribution in [-0.4, -0.2) is 28.8 Å². The van der Waals surface area contributed by atoms with Gasteiger partial charge in [0.05, 0.1) is 12.6 Å². The number of aliphatic hydroxyl groups is 1. The van der Waals surface area contributed by atoms with Gasteiger partial charge < -0.3 is 5.11 Å². The lowest BCUT2D eigenvalue weighted by Gasteiger charge is -2.22. The third kappa shape index (κ3) is 3.72. The Morgan fingerprint density at radius 3 is 2.62 bits per heavy atom. The number of nitrogens with zero attached hydrogens (tertiary/aromatic N) is 2. The second-order valence-corrected chi connectivity index (χ2v) is 4.90. The van der Waals surface area contributed by atoms with Gasteiger partial charge in [0, 0.05) is 25.1 Å². The molecule has 1 amide bonds. The number of carbonyl (C=O) groups excluding carboxylic acids is 1. The maximum absolute atomic E-state index is 13.3. The normalized spacial score (nSPS) is 17.3. The van der Waals surface area contributed by atoms with Gasteiger partial charge in [-0.3, -0.25) is 4.79 Å². The minimum Gasteiger partial charge on any atom is -0.392 e. The molecule has 0 fully saturated rings. The molecule has 112 valence electrons. The number of aliphatic hydroxyl groups excluding tert-OH is 1. The largest absolute Gasteiger partial charge is 0.392 e. The zero-order valence-electron chi connectivity index (χ0n) is 11.4. The topological polar surface area (TPSA) is 52.9 Å². The number of halogens is 2. The van der Waals surface area contributed by atoms with Crippen molar-refractivity contribution in [3.63, 3.8) is 0 Å². The third-order valence-electron chi connectivity index (χ3n) is 3.27. The van der Waals surface area contributed by atoms with Gasteiger partial charge in [0.25, 0.3) is 0 Å². The Morgan fingerprint density at radius 2 is 2.00 bits per heavy atom. The fourth-order valence-electron chi connectivity index (χ4n) is 2.18. The molecule has 1 aromatic carbocycles. The van der Waals surface area contributed by atoms with Gasteiger partial charge >= 0.3 is 0 Å². The van der Waals surface area contributed by atoms with E-state index in [2.05, 4.69) is 11.7 Å². The zero-order valence-corrected chi connectivity index (χ0v) is 11.4. The van der Waals surface area contributed by atoms with Crippen LogP contribution in [0.3, 0.4) is 0 Å². The molecular weight excluding hydrogens is 278 g/mol. The van der Waals surface area contributed by atoms with Crippen LogP contribution in [0.25, 0.3) is 0 Å². The highest BCUT2D eigenvalue weighted by Crippen LogP contribution is 2.30. The Hall–Kier alpha value is -2.08. The molecule has 1 aliphatic rings. The second kappa shape index (κ2) is 6.58. The third-order valence-corrected chi connectivity index (χ3v) is 3.27. The number of hydrazone groups is 1. The van der Waals surface area contributed by atoms with Crippen LogP contribution in [0.2, 0.25) is 0 Å². The molecule has 0 spiro atoms. The molecule has 0 aromatic heterocycles. The molecule has 0 saturated carbocycles. The summed E-state index contributed by atoms with van der Waals surface area (Å²) in [5.74, 6) is -1.64. The van der Waals surface area contributed by atoms with Gasteiger partial charge in [-0.1, -0.05) is 12.2 Å². The smallest absolute Gasteiger partial charge is 0.243 e. The molecule has 1 aromatic rings. The summed E-state index contributed by atoms with van der Waals surface area (Å²) in [6.45, 7) is 3.44. The van der Waals surface area contributed by atoms with E-state index in [0.29, 0.717) is 24.0 Å². The molecular formula is C15H16F2N2O2. The molecule has 1 N–H and O–H groups in total. The van der Waals surface area contributed by atoms with E-state index in [1.54, 1.807) is 6.21 Å². The average molecular weight is 294 g/mol. The Kier molecular flexibility index (Phi) is 4.80. The van der Waals surface area contributed by atoms with Crippen molar-refractivity contribution in [1.82, 2.24) is 5.01 Å². The predicted molar refractivity (Wildman–Crippen MR) is 74.5 cm³/mol. The van der Waals surface area contributed by atoms with Crippen LogP contribution in [0.15, 0.2) is 35.5 Å². The molecule has 4 nitrogen and oxygen atoms in total. The van der Waals surface area contributed by atoms with E-state index in [9.17, 15) is 13.6 Å². The average Bonchev–Trinajstić information content (AvgIpc) is 2.92. The first kappa shape index (κ1) is 15.3. The molecule has 0 aliphatic carbocycles. The summed E-state index contributed by atoms with van der Waals surface area (Å²) in [4.78, 5) is 12.1. The lowest BCUT2D eigenvalue weighted by atomic mass is 10.0. The van der Waals surface area contributed by atoms with Crippen molar-refractivity contribution in [3.8, 4) is 0 Å². The summed E-state index contributed by atoms with van der Waals surface area (Å²) >= 11 is 0. The van der Waals surface area contributed by atoms with Crippen LogP contribution in [0.5, 0.6) is 0 Å². The van der Waals surface area contributed by atoms with E-state index in [1.165, 1.54) is 17.1 Å². The zero-order chi connectivity index (χ0) is 15.4. The van der Waals surface area contributed by atoms with Gasteiger partial charge in [0.1, 0.15) is 11.6 Å². The van der Waals surface area contributed by atoms with Crippen LogP contribution in [-0.2, 0) is 4.79 Å². The maximum Gasteiger partial charge on any atom is 0.243 e. The summed E-state index contributed by atoms with van der Waals surface area (Å²) in [6, 6.07) is 2.70. The molecule has 1 heterocycles. The van der Waals surface area contributed by atoms with Crippen LogP contribution < -0.4 is 0 Å². The molecule has 1 atom stereocenters. The molecule has 0 saturated heterocycles. The highest BCUT2D eigenvalue weighted by atomic mass is 19.1. The number of hydrogen-bond acceptors (Lipinski definition) is 3. The molecule has 2 rings (SSSR count). The molecule has 6 heteroatoms. The van der Waals surface area contributed by atoms with Gasteiger partial charge in [-0.05, 0) is 24.1 Å². The fraction of sp³-hybridized carbons (Fsp3) is 0.333. The SMILES string of the molecule is C=C(CO)CCC(=O)N1N=CCC1c1cc(F)cc(F)c1. The van der Waals surface area contributed by atoms with Gasteiger partial charge in [-0.15, -0.1) is 0 Å². The maximum atomic E-state index is 13.3. The highest BCUT2D eigenvalue weighted by molar-refractivity contribution is 5.80. The summed E-state index contributed by atoms with van der Waals surface area (Å²) in [5.41, 5.74) is 0.930. The number of carbonyl (C=O) groups is 1. The molecule has 1 unspecified atom stereocenters. The van der Waals surface area contributed by atoms with Gasteiger partial charge in [-0.2, -0.15) is 5.10 Å². The van der Waals surface area contributed by atoms with E-state index in [-0.39, 0.29) is 18.9 Å². The lowest BCUT2D eigenvalue weighted by molar-refractivity contribution is -0.133. The van der Waals surface area contributed by atoms with Crippen LogP contribution in [0, 0.1) is 11.6 Å². The monoisotopic (exact) mass is 294 g/mol. The number of amides is 1. The Balaban J connectivity index is 2.10. The minimum atomic E-state index is -0.682. The van der Waals surface area contributed by atoms with E-state index in [0.717, 1.165) is 6.07 Å². The summed E-state index contributed by atoms with van der Waals surface area (Å²) in [6.07, 6.45) is 2.46. The number of rotatable bonds is 5. The van der Waals surface area contributed by atoms with E-state index >= 15 is 0 Å². The minimum absolute atomic E-state index is 0.144. The van der Waals surface area contributed by atoms with Crippen LogP contribution in [0.4, 0.5) is 8.78 Å². The van der Waals surface area contributed by atoms with Crippen molar-refractivity contribution in [3.05, 3.63) is 47.5 Å². The standard InChI is InChI=1S/C15H16F2N2O2/c1-10(9-20)2-3-15(21)19-14(4-5-18-19)11-6-12(16)8-13(17)7-11/h5-8,14,20H,1-4,9H2. The highest BCUT2D eigenvalue weighted by Gasteiger charge is 2.28. The summed E-state index contributed by atoms with van der Waals surface area (Å²) < 4.78 is 26.6. The fourth-order valence-corrected chi connectivity index (χ4v) is 2.18. The van der Waals surface area contributed by atoms with E-state index < -0.39 is 17.7 Å². The van der Waals surface area contributed by atoms with Gasteiger partial charge in [0.2, 0.25) is 5.91 Å². The van der Waals surface area contributed by atoms with Gasteiger partial charge in [-0.25, -0.2) is 13.8 Å². The van der Waals surface area contributed by atoms with Crippen molar-refractivity contribution >= 4 is 12.1 Å². The van der Waals surface area contributed by atoms with E-state index in [4.69, 9.17) is 5.11 Å². The lowest BCUT2D eigenvalue weighted by Crippen LogP contribution is -2.27. The van der Waals surface area contributed by atoms with Crippen LogP contribution in [0.1, 0.15) is 30.9 Å². The van der Waals surface area contributed by atoms with Crippen LogP contribution >= 0.6 is 0 Å². The second-order valence-electron chi connectivity index (χ2n) is 4.90. The number of benzene rings is 1. The van der Waals surface area contributed by atoms with Gasteiger partial charge in [0.15, 0.2) is 0 Å². The number of hydrogen-bond donors (Lipinski definition) is 1. The Labute approximate surface area is 121 Å². The van der Waals surface area contributed by atoms with Crippen molar-refractivity contribution in [2.24, 2.45) is 5.10 Å². The molecule has 21 heavy (non-hydrogen) atoms. The summed E-state index contributed by atoms with van der Waals surface area (Å²) in [7, 11) is 0. The quantitative estimate of drug-likeness (QED) is 0.849. The first-order valence-electron chi connectivity index (χ1n) is 6.59. The van der Waals surface area contributed by atoms with Crippen molar-refractivity contribution in [2.45, 2.75) is 25.3 Å². The van der Waals surface area contributed by atoms with Crippen molar-refractivity contribution < 1.29 is 18.7 Å². The van der Waals surface area contributed by atoms with E-state index in [1.807, 2.05) is 0 Å². The molecule has 0 radical (unpaired) electrons. The van der Waals surface area contributed by atoms with Crippen molar-refractivity contribution in [1.29, 1.82) is 0 Å².